The molecule has 0 fully saturated rings. The molecule has 0 saturated heterocycles. The van der Waals surface area contributed by atoms with Crippen molar-refractivity contribution < 1.29 is 0 Å². The van der Waals surface area contributed by atoms with Crippen LogP contribution in [-0.4, -0.2) is 6.54 Å². The van der Waals surface area contributed by atoms with Crippen LogP contribution in [0.2, 0.25) is 0 Å². The highest BCUT2D eigenvalue weighted by Crippen LogP contribution is 2.39. The van der Waals surface area contributed by atoms with Gasteiger partial charge in [-0.05, 0) is 106 Å². The quantitative estimate of drug-likeness (QED) is 0.201. The smallest absolute Gasteiger partial charge is 0.00577 e. The molecule has 0 saturated carbocycles. The van der Waals surface area contributed by atoms with Crippen LogP contribution in [0.15, 0.2) is 69.9 Å². The summed E-state index contributed by atoms with van der Waals surface area (Å²) in [5.74, 6) is 0.782. The first-order valence-corrected chi connectivity index (χ1v) is 13.4. The van der Waals surface area contributed by atoms with Crippen molar-refractivity contribution in [2.75, 3.05) is 6.54 Å². The second-order valence-electron chi connectivity index (χ2n) is 9.93. The number of allylic oxidation sites excluding steroid dienone is 12. The molecule has 0 radical (unpaired) electrons. The van der Waals surface area contributed by atoms with Gasteiger partial charge in [-0.25, -0.2) is 0 Å². The summed E-state index contributed by atoms with van der Waals surface area (Å²) in [5, 5.41) is 0. The summed E-state index contributed by atoms with van der Waals surface area (Å²) in [7, 11) is 0. The molecule has 1 nitrogen and oxygen atoms in total. The fourth-order valence-corrected chi connectivity index (χ4v) is 5.03. The van der Waals surface area contributed by atoms with Gasteiger partial charge in [0.1, 0.15) is 0 Å². The highest BCUT2D eigenvalue weighted by atomic mass is 14.5. The van der Waals surface area contributed by atoms with Crippen molar-refractivity contribution in [3.8, 4) is 0 Å². The van der Waals surface area contributed by atoms with Crippen molar-refractivity contribution in [2.45, 2.75) is 111 Å². The minimum atomic E-state index is 0.782. The van der Waals surface area contributed by atoms with E-state index in [1.165, 1.54) is 92.9 Å². The average molecular weight is 436 g/mol. The zero-order valence-corrected chi connectivity index (χ0v) is 21.5. The Morgan fingerprint density at radius 1 is 1.03 bits per heavy atom. The van der Waals surface area contributed by atoms with Crippen molar-refractivity contribution in [1.29, 1.82) is 0 Å². The Labute approximate surface area is 199 Å². The Kier molecular flexibility index (Phi) is 12.7. The number of unbranched alkanes of at least 4 members (excludes halogenated alkanes) is 7. The molecule has 32 heavy (non-hydrogen) atoms. The van der Waals surface area contributed by atoms with E-state index in [-0.39, 0.29) is 0 Å². The van der Waals surface area contributed by atoms with Crippen molar-refractivity contribution in [2.24, 2.45) is 11.7 Å². The molecule has 0 amide bonds. The average Bonchev–Trinajstić information content (AvgIpc) is 3.43. The van der Waals surface area contributed by atoms with E-state index < -0.39 is 0 Å². The van der Waals surface area contributed by atoms with Gasteiger partial charge in [-0.15, -0.1) is 0 Å². The van der Waals surface area contributed by atoms with Gasteiger partial charge < -0.3 is 5.73 Å². The fraction of sp³-hybridized carbons (Fsp3) is 0.613. The molecule has 178 valence electrons. The Morgan fingerprint density at radius 2 is 1.81 bits per heavy atom. The molecule has 1 atom stereocenters. The monoisotopic (exact) mass is 435 g/mol. The van der Waals surface area contributed by atoms with Gasteiger partial charge in [0, 0.05) is 0 Å². The van der Waals surface area contributed by atoms with E-state index in [0.29, 0.717) is 0 Å². The summed E-state index contributed by atoms with van der Waals surface area (Å²) < 4.78 is 0. The molecule has 2 aliphatic rings. The van der Waals surface area contributed by atoms with Crippen LogP contribution >= 0.6 is 0 Å². The summed E-state index contributed by atoms with van der Waals surface area (Å²) in [6, 6.07) is 0. The lowest BCUT2D eigenvalue weighted by atomic mass is 9.86. The van der Waals surface area contributed by atoms with Crippen LogP contribution in [0.5, 0.6) is 0 Å². The molecular formula is C31H49N. The maximum absolute atomic E-state index is 5.64. The summed E-state index contributed by atoms with van der Waals surface area (Å²) in [4.78, 5) is 0. The Bertz CT molecular complexity index is 753. The zero-order valence-electron chi connectivity index (χ0n) is 21.5. The maximum Gasteiger partial charge on any atom is -0.00577 e. The van der Waals surface area contributed by atoms with E-state index in [1.54, 1.807) is 11.1 Å². The van der Waals surface area contributed by atoms with Gasteiger partial charge in [0.15, 0.2) is 0 Å². The Hall–Kier alpha value is -1.60. The molecule has 2 N–H and O–H groups in total. The van der Waals surface area contributed by atoms with Crippen molar-refractivity contribution in [1.82, 2.24) is 0 Å². The van der Waals surface area contributed by atoms with Gasteiger partial charge in [-0.1, -0.05) is 88.0 Å². The molecule has 0 spiro atoms. The van der Waals surface area contributed by atoms with Crippen molar-refractivity contribution >= 4 is 0 Å². The second kappa shape index (κ2) is 15.3. The van der Waals surface area contributed by atoms with Gasteiger partial charge in [-0.3, -0.25) is 0 Å². The van der Waals surface area contributed by atoms with E-state index in [0.717, 1.165) is 25.3 Å². The van der Waals surface area contributed by atoms with Crippen LogP contribution in [0.4, 0.5) is 0 Å². The van der Waals surface area contributed by atoms with E-state index in [9.17, 15) is 0 Å². The fourth-order valence-electron chi connectivity index (χ4n) is 5.03. The largest absolute Gasteiger partial charge is 0.330 e. The summed E-state index contributed by atoms with van der Waals surface area (Å²) >= 11 is 0. The summed E-state index contributed by atoms with van der Waals surface area (Å²) in [6.07, 6.45) is 30.7. The van der Waals surface area contributed by atoms with Crippen molar-refractivity contribution in [3.63, 3.8) is 0 Å². The first-order chi connectivity index (χ1) is 15.6. The lowest BCUT2D eigenvalue weighted by Crippen LogP contribution is -2.00. The van der Waals surface area contributed by atoms with E-state index in [4.69, 9.17) is 5.73 Å². The Morgan fingerprint density at radius 3 is 2.50 bits per heavy atom. The number of hydrogen-bond donors (Lipinski definition) is 1. The lowest BCUT2D eigenvalue weighted by Gasteiger charge is -2.18. The number of rotatable bonds is 15. The van der Waals surface area contributed by atoms with Gasteiger partial charge in [-0.2, -0.15) is 0 Å². The third kappa shape index (κ3) is 8.74. The standard InChI is InChI=1S/C31H49N/c1-5-7-8-9-13-17-28(15-6-2)31(26(4)29-20-18-25(3)23-29)30-21-19-27(24-30)16-12-10-11-14-22-32/h6,15,17,19-21,25H,5,7-14,16,18,22-24,32H2,1-4H3/b15-6-,28-17+,31-26-. The molecule has 1 unspecified atom stereocenters. The van der Waals surface area contributed by atoms with Crippen LogP contribution in [0.1, 0.15) is 111 Å². The van der Waals surface area contributed by atoms with Crippen LogP contribution in [0.25, 0.3) is 0 Å². The maximum atomic E-state index is 5.64. The molecule has 0 aromatic heterocycles. The molecule has 0 bridgehead atoms. The molecule has 0 heterocycles. The zero-order chi connectivity index (χ0) is 23.2. The number of hydrogen-bond acceptors (Lipinski definition) is 1. The van der Waals surface area contributed by atoms with Crippen LogP contribution in [0.3, 0.4) is 0 Å². The first kappa shape index (κ1) is 26.7. The molecule has 0 aromatic carbocycles. The third-order valence-electron chi connectivity index (χ3n) is 6.96. The number of nitrogens with two attached hydrogens (primary N) is 1. The second-order valence-corrected chi connectivity index (χ2v) is 9.93. The van der Waals surface area contributed by atoms with Gasteiger partial charge in [0.05, 0.1) is 0 Å². The molecular weight excluding hydrogens is 386 g/mol. The van der Waals surface area contributed by atoms with Crippen LogP contribution in [0, 0.1) is 5.92 Å². The predicted molar refractivity (Wildman–Crippen MR) is 144 cm³/mol. The van der Waals surface area contributed by atoms with E-state index in [1.807, 2.05) is 0 Å². The normalized spacial score (nSPS) is 20.0. The summed E-state index contributed by atoms with van der Waals surface area (Å²) in [5.41, 5.74) is 14.8. The molecule has 2 aliphatic carbocycles. The van der Waals surface area contributed by atoms with Crippen LogP contribution in [-0.2, 0) is 0 Å². The first-order valence-electron chi connectivity index (χ1n) is 13.4. The Balaban J connectivity index is 2.17. The minimum absolute atomic E-state index is 0.782. The topological polar surface area (TPSA) is 26.0 Å². The molecule has 2 rings (SSSR count). The highest BCUT2D eigenvalue weighted by Gasteiger charge is 2.21. The highest BCUT2D eigenvalue weighted by molar-refractivity contribution is 5.61. The van der Waals surface area contributed by atoms with E-state index in [2.05, 4.69) is 64.2 Å². The van der Waals surface area contributed by atoms with Gasteiger partial charge in [0.25, 0.3) is 0 Å². The third-order valence-corrected chi connectivity index (χ3v) is 6.96. The lowest BCUT2D eigenvalue weighted by molar-refractivity contribution is 0.629. The van der Waals surface area contributed by atoms with Crippen molar-refractivity contribution in [3.05, 3.63) is 69.9 Å². The van der Waals surface area contributed by atoms with Gasteiger partial charge in [0.2, 0.25) is 0 Å². The molecule has 0 aromatic rings. The van der Waals surface area contributed by atoms with Crippen LogP contribution < -0.4 is 5.73 Å². The summed E-state index contributed by atoms with van der Waals surface area (Å²) in [6.45, 7) is 10.0. The molecule has 1 heteroatoms. The minimum Gasteiger partial charge on any atom is -0.330 e. The SMILES string of the molecule is C\C=C/C(=C\CCCCCC)C(/C1=CC=C(CCCCCCN)C1)=C(\C)C1=CCC(C)C1. The predicted octanol–water partition coefficient (Wildman–Crippen LogP) is 9.30. The molecule has 0 aliphatic heterocycles. The van der Waals surface area contributed by atoms with E-state index >= 15 is 0 Å². The van der Waals surface area contributed by atoms with Gasteiger partial charge >= 0.3 is 0 Å².